The second kappa shape index (κ2) is 3.60. The van der Waals surface area contributed by atoms with Crippen LogP contribution in [0.1, 0.15) is 39.5 Å². The molecule has 3 aliphatic rings. The summed E-state index contributed by atoms with van der Waals surface area (Å²) in [5.41, 5.74) is 0.801. The van der Waals surface area contributed by atoms with Crippen LogP contribution in [0.3, 0.4) is 0 Å². The number of aliphatic hydroxyl groups excluding tert-OH is 1. The molecule has 3 aliphatic carbocycles. The van der Waals surface area contributed by atoms with E-state index in [1.807, 2.05) is 6.08 Å². The third-order valence-corrected chi connectivity index (χ3v) is 5.97. The van der Waals surface area contributed by atoms with Crippen LogP contribution in [0, 0.1) is 28.6 Å². The van der Waals surface area contributed by atoms with E-state index in [1.54, 1.807) is 0 Å². The molecule has 0 aromatic rings. The molecule has 0 bridgehead atoms. The number of carbonyl (C=O) groups is 1. The first kappa shape index (κ1) is 12.2. The molecule has 0 aromatic heterocycles. The summed E-state index contributed by atoms with van der Waals surface area (Å²) in [6.07, 6.45) is 6.16. The van der Waals surface area contributed by atoms with Crippen LogP contribution in [0.15, 0.2) is 11.6 Å². The molecule has 5 atom stereocenters. The lowest BCUT2D eigenvalue weighted by Crippen LogP contribution is -2.49. The Hall–Kier alpha value is -0.830. The van der Waals surface area contributed by atoms with Gasteiger partial charge in [0.15, 0.2) is 0 Å². The van der Waals surface area contributed by atoms with Gasteiger partial charge in [0.2, 0.25) is 0 Å². The first-order chi connectivity index (χ1) is 8.39. The Balaban J connectivity index is 1.98. The number of hydrogen-bond acceptors (Lipinski definition) is 2. The minimum Gasteiger partial charge on any atom is -0.478 e. The molecule has 0 heterocycles. The second-order valence-electron chi connectivity index (χ2n) is 7.17. The van der Waals surface area contributed by atoms with Crippen LogP contribution in [-0.2, 0) is 4.79 Å². The van der Waals surface area contributed by atoms with Crippen molar-refractivity contribution in [2.75, 3.05) is 6.61 Å². The number of hydrogen-bond donors (Lipinski definition) is 2. The average molecular weight is 250 g/mol. The van der Waals surface area contributed by atoms with Gasteiger partial charge in [-0.2, -0.15) is 0 Å². The van der Waals surface area contributed by atoms with Gasteiger partial charge in [0.25, 0.3) is 0 Å². The van der Waals surface area contributed by atoms with Crippen molar-refractivity contribution in [3.05, 3.63) is 11.6 Å². The molecular formula is C15H22O3. The fraction of sp³-hybridized carbons (Fsp3) is 0.800. The van der Waals surface area contributed by atoms with E-state index in [0.29, 0.717) is 17.4 Å². The molecule has 18 heavy (non-hydrogen) atoms. The summed E-state index contributed by atoms with van der Waals surface area (Å²) in [5.74, 6) is 0.436. The predicted molar refractivity (Wildman–Crippen MR) is 68.0 cm³/mol. The average Bonchev–Trinajstić information content (AvgIpc) is 2.63. The van der Waals surface area contributed by atoms with Crippen LogP contribution in [0.2, 0.25) is 0 Å². The molecule has 3 rings (SSSR count). The Morgan fingerprint density at radius 1 is 1.44 bits per heavy atom. The van der Waals surface area contributed by atoms with Crippen LogP contribution in [-0.4, -0.2) is 22.8 Å². The lowest BCUT2D eigenvalue weighted by molar-refractivity contribution is -0.136. The van der Waals surface area contributed by atoms with E-state index in [9.17, 15) is 15.0 Å². The Morgan fingerprint density at radius 3 is 2.67 bits per heavy atom. The van der Waals surface area contributed by atoms with Gasteiger partial charge in [-0.25, -0.2) is 4.79 Å². The molecule has 0 spiro atoms. The van der Waals surface area contributed by atoms with E-state index in [-0.39, 0.29) is 23.4 Å². The number of aliphatic hydroxyl groups is 1. The predicted octanol–water partition coefficient (Wildman–Crippen LogP) is 2.45. The molecule has 0 radical (unpaired) electrons. The summed E-state index contributed by atoms with van der Waals surface area (Å²) in [7, 11) is 0. The van der Waals surface area contributed by atoms with Gasteiger partial charge in [-0.1, -0.05) is 19.9 Å². The molecule has 2 saturated carbocycles. The van der Waals surface area contributed by atoms with Crippen molar-refractivity contribution >= 4 is 5.97 Å². The summed E-state index contributed by atoms with van der Waals surface area (Å²) in [5, 5.41) is 18.9. The van der Waals surface area contributed by atoms with Crippen molar-refractivity contribution in [3.63, 3.8) is 0 Å². The molecule has 3 nitrogen and oxygen atoms in total. The lowest BCUT2D eigenvalue weighted by atomic mass is 9.48. The van der Waals surface area contributed by atoms with E-state index in [0.717, 1.165) is 25.7 Å². The zero-order valence-electron chi connectivity index (χ0n) is 11.1. The SMILES string of the molecule is C[C@@]1(CO)C[C@H]2C=C(C(=O)O)[C@@H]3CC[C@]3(C)[C@H]2C1. The van der Waals surface area contributed by atoms with Crippen molar-refractivity contribution < 1.29 is 15.0 Å². The topological polar surface area (TPSA) is 57.5 Å². The zero-order valence-corrected chi connectivity index (χ0v) is 11.1. The van der Waals surface area contributed by atoms with E-state index in [4.69, 9.17) is 0 Å². The monoisotopic (exact) mass is 250 g/mol. The minimum absolute atomic E-state index is 0.0110. The van der Waals surface area contributed by atoms with Gasteiger partial charge in [0, 0.05) is 12.2 Å². The van der Waals surface area contributed by atoms with Crippen molar-refractivity contribution in [2.45, 2.75) is 39.5 Å². The number of carboxylic acids is 1. The maximum atomic E-state index is 11.4. The molecule has 2 fully saturated rings. The van der Waals surface area contributed by atoms with E-state index >= 15 is 0 Å². The zero-order chi connectivity index (χ0) is 13.1. The largest absolute Gasteiger partial charge is 0.478 e. The normalized spacial score (nSPS) is 49.9. The quantitative estimate of drug-likeness (QED) is 0.791. The van der Waals surface area contributed by atoms with Crippen LogP contribution in [0.4, 0.5) is 0 Å². The van der Waals surface area contributed by atoms with Crippen LogP contribution < -0.4 is 0 Å². The van der Waals surface area contributed by atoms with Gasteiger partial charge in [0.1, 0.15) is 0 Å². The highest BCUT2D eigenvalue weighted by Crippen LogP contribution is 2.66. The molecule has 0 aliphatic heterocycles. The Bertz CT molecular complexity index is 427. The van der Waals surface area contributed by atoms with Crippen LogP contribution >= 0.6 is 0 Å². The number of aliphatic carboxylic acids is 1. The Morgan fingerprint density at radius 2 is 2.17 bits per heavy atom. The molecule has 3 heteroatoms. The highest BCUT2D eigenvalue weighted by molar-refractivity contribution is 5.88. The molecule has 0 saturated heterocycles. The summed E-state index contributed by atoms with van der Waals surface area (Å²) in [6, 6.07) is 0. The molecule has 0 aromatic carbocycles. The van der Waals surface area contributed by atoms with Gasteiger partial charge >= 0.3 is 5.97 Å². The maximum absolute atomic E-state index is 11.4. The molecule has 0 unspecified atom stereocenters. The fourth-order valence-electron chi connectivity index (χ4n) is 4.77. The second-order valence-corrected chi connectivity index (χ2v) is 7.17. The van der Waals surface area contributed by atoms with Crippen LogP contribution in [0.5, 0.6) is 0 Å². The van der Waals surface area contributed by atoms with E-state index < -0.39 is 5.97 Å². The Labute approximate surface area is 108 Å². The van der Waals surface area contributed by atoms with Crippen molar-refractivity contribution in [1.82, 2.24) is 0 Å². The summed E-state index contributed by atoms with van der Waals surface area (Å²) in [6.45, 7) is 4.62. The van der Waals surface area contributed by atoms with E-state index in [1.165, 1.54) is 0 Å². The molecule has 2 N–H and O–H groups in total. The number of rotatable bonds is 2. The number of carboxylic acid groups (broad SMARTS) is 1. The summed E-state index contributed by atoms with van der Waals surface area (Å²) < 4.78 is 0. The van der Waals surface area contributed by atoms with E-state index in [2.05, 4.69) is 13.8 Å². The van der Waals surface area contributed by atoms with Crippen LogP contribution in [0.25, 0.3) is 0 Å². The molecule has 100 valence electrons. The number of allylic oxidation sites excluding steroid dienone is 1. The first-order valence-electron chi connectivity index (χ1n) is 6.95. The smallest absolute Gasteiger partial charge is 0.331 e. The third-order valence-electron chi connectivity index (χ3n) is 5.97. The lowest BCUT2D eigenvalue weighted by Gasteiger charge is -2.56. The Kier molecular flexibility index (Phi) is 2.44. The standard InChI is InChI=1S/C15H22O3/c1-14(8-16)6-9-5-10(13(17)18)11-3-4-15(11,2)12(9)7-14/h5,9,11-12,16H,3-4,6-8H2,1-2H3,(H,17,18)/t9-,11+,12+,14-,15+/m1/s1. The molecular weight excluding hydrogens is 228 g/mol. The van der Waals surface area contributed by atoms with Gasteiger partial charge in [0.05, 0.1) is 0 Å². The van der Waals surface area contributed by atoms with Gasteiger partial charge < -0.3 is 10.2 Å². The third kappa shape index (κ3) is 1.43. The van der Waals surface area contributed by atoms with Crippen molar-refractivity contribution in [1.29, 1.82) is 0 Å². The minimum atomic E-state index is -0.734. The van der Waals surface area contributed by atoms with Gasteiger partial charge in [-0.3, -0.25) is 0 Å². The summed E-state index contributed by atoms with van der Waals surface area (Å²) >= 11 is 0. The highest BCUT2D eigenvalue weighted by atomic mass is 16.4. The first-order valence-corrected chi connectivity index (χ1v) is 6.95. The van der Waals surface area contributed by atoms with Crippen molar-refractivity contribution in [3.8, 4) is 0 Å². The van der Waals surface area contributed by atoms with Crippen molar-refractivity contribution in [2.24, 2.45) is 28.6 Å². The van der Waals surface area contributed by atoms with Gasteiger partial charge in [-0.15, -0.1) is 0 Å². The summed E-state index contributed by atoms with van der Waals surface area (Å²) in [4.78, 5) is 11.4. The fourth-order valence-corrected chi connectivity index (χ4v) is 4.77. The maximum Gasteiger partial charge on any atom is 0.331 e. The number of fused-ring (bicyclic) bond motifs is 3. The highest BCUT2D eigenvalue weighted by Gasteiger charge is 2.59. The van der Waals surface area contributed by atoms with Gasteiger partial charge in [-0.05, 0) is 54.3 Å². The molecule has 0 amide bonds.